The highest BCUT2D eigenvalue weighted by atomic mass is 15.1. The minimum Gasteiger partial charge on any atom is -0.370 e. The first-order valence-corrected chi connectivity index (χ1v) is 6.45. The molecule has 0 radical (unpaired) electrons. The lowest BCUT2D eigenvalue weighted by Gasteiger charge is -2.09. The number of nitrogens with zero attached hydrogens (tertiary/aromatic N) is 2. The summed E-state index contributed by atoms with van der Waals surface area (Å²) < 4.78 is 0. The summed E-state index contributed by atoms with van der Waals surface area (Å²) >= 11 is 0. The first kappa shape index (κ1) is 13.1. The van der Waals surface area contributed by atoms with Crippen molar-refractivity contribution in [3.63, 3.8) is 0 Å². The van der Waals surface area contributed by atoms with Crippen LogP contribution in [0.3, 0.4) is 0 Å². The number of hydrogen-bond donors (Lipinski definition) is 3. The van der Waals surface area contributed by atoms with Gasteiger partial charge in [0.25, 0.3) is 0 Å². The van der Waals surface area contributed by atoms with Crippen LogP contribution in [0.2, 0.25) is 0 Å². The van der Waals surface area contributed by atoms with Crippen LogP contribution in [0, 0.1) is 0 Å². The van der Waals surface area contributed by atoms with Crippen molar-refractivity contribution in [2.75, 3.05) is 22.9 Å². The Morgan fingerprint density at radius 2 is 1.89 bits per heavy atom. The third kappa shape index (κ3) is 3.58. The van der Waals surface area contributed by atoms with Gasteiger partial charge in [-0.25, -0.2) is 0 Å². The van der Waals surface area contributed by atoms with Gasteiger partial charge in [-0.1, -0.05) is 19.1 Å². The van der Waals surface area contributed by atoms with Gasteiger partial charge in [0.2, 0.25) is 5.95 Å². The zero-order valence-electron chi connectivity index (χ0n) is 11.3. The maximum Gasteiger partial charge on any atom is 0.223 e. The van der Waals surface area contributed by atoms with Gasteiger partial charge in [0.1, 0.15) is 11.6 Å². The highest BCUT2D eigenvalue weighted by Gasteiger charge is 2.02. The molecule has 19 heavy (non-hydrogen) atoms. The third-order valence-corrected chi connectivity index (χ3v) is 2.71. The SMILES string of the molecule is CCNc1cc(Nc2cccc(CC)c2)nc(N)n1. The topological polar surface area (TPSA) is 75.9 Å². The fourth-order valence-electron chi connectivity index (χ4n) is 1.82. The Hall–Kier alpha value is -2.30. The van der Waals surface area contributed by atoms with Crippen LogP contribution in [0.1, 0.15) is 19.4 Å². The van der Waals surface area contributed by atoms with Crippen molar-refractivity contribution in [2.24, 2.45) is 0 Å². The third-order valence-electron chi connectivity index (χ3n) is 2.71. The van der Waals surface area contributed by atoms with Crippen LogP contribution in [0.25, 0.3) is 0 Å². The number of aromatic nitrogens is 2. The molecule has 0 amide bonds. The Kier molecular flexibility index (Phi) is 4.18. The quantitative estimate of drug-likeness (QED) is 0.768. The molecule has 0 bridgehead atoms. The van der Waals surface area contributed by atoms with Crippen molar-refractivity contribution < 1.29 is 0 Å². The molecule has 0 fully saturated rings. The zero-order chi connectivity index (χ0) is 13.7. The number of hydrogen-bond acceptors (Lipinski definition) is 5. The predicted octanol–water partition coefficient (Wildman–Crippen LogP) is 2.80. The van der Waals surface area contributed by atoms with Crippen LogP contribution in [0.5, 0.6) is 0 Å². The van der Waals surface area contributed by atoms with E-state index in [2.05, 4.69) is 39.7 Å². The molecular weight excluding hydrogens is 238 g/mol. The van der Waals surface area contributed by atoms with Gasteiger partial charge in [0.15, 0.2) is 0 Å². The van der Waals surface area contributed by atoms with Gasteiger partial charge in [0.05, 0.1) is 0 Å². The molecule has 1 aromatic heterocycles. The summed E-state index contributed by atoms with van der Waals surface area (Å²) in [5.41, 5.74) is 7.97. The number of nitrogens with one attached hydrogen (secondary N) is 2. The summed E-state index contributed by atoms with van der Waals surface area (Å²) in [5, 5.41) is 6.37. The standard InChI is InChI=1S/C14H19N5/c1-3-10-6-5-7-11(8-10)17-13-9-12(16-4-2)18-14(15)19-13/h5-9H,3-4H2,1-2H3,(H4,15,16,17,18,19). The summed E-state index contributed by atoms with van der Waals surface area (Å²) in [5.74, 6) is 1.67. The highest BCUT2D eigenvalue weighted by molar-refractivity contribution is 5.61. The lowest BCUT2D eigenvalue weighted by Crippen LogP contribution is -2.05. The van der Waals surface area contributed by atoms with E-state index in [0.717, 1.165) is 24.5 Å². The van der Waals surface area contributed by atoms with Gasteiger partial charge < -0.3 is 16.4 Å². The van der Waals surface area contributed by atoms with Crippen molar-refractivity contribution in [1.82, 2.24) is 9.97 Å². The van der Waals surface area contributed by atoms with Crippen LogP contribution in [-0.2, 0) is 6.42 Å². The average molecular weight is 257 g/mol. The van der Waals surface area contributed by atoms with Crippen LogP contribution in [0.15, 0.2) is 30.3 Å². The van der Waals surface area contributed by atoms with Crippen LogP contribution in [0.4, 0.5) is 23.3 Å². The number of nitrogens with two attached hydrogens (primary N) is 1. The molecule has 5 heteroatoms. The van der Waals surface area contributed by atoms with Gasteiger partial charge in [-0.2, -0.15) is 9.97 Å². The van der Waals surface area contributed by atoms with Crippen LogP contribution >= 0.6 is 0 Å². The minimum absolute atomic E-state index is 0.257. The number of anilines is 4. The lowest BCUT2D eigenvalue weighted by atomic mass is 10.1. The molecule has 0 aliphatic carbocycles. The molecule has 0 saturated carbocycles. The predicted molar refractivity (Wildman–Crippen MR) is 79.7 cm³/mol. The van der Waals surface area contributed by atoms with Crippen molar-refractivity contribution in [3.8, 4) is 0 Å². The van der Waals surface area contributed by atoms with Gasteiger partial charge in [0, 0.05) is 18.3 Å². The number of nitrogen functional groups attached to an aromatic ring is 1. The Morgan fingerprint density at radius 1 is 1.11 bits per heavy atom. The second-order valence-corrected chi connectivity index (χ2v) is 4.21. The molecule has 0 atom stereocenters. The van der Waals surface area contributed by atoms with Gasteiger partial charge in [-0.3, -0.25) is 0 Å². The van der Waals surface area contributed by atoms with E-state index >= 15 is 0 Å². The molecule has 1 aromatic carbocycles. The Bertz CT molecular complexity index is 553. The molecule has 0 aliphatic rings. The number of aryl methyl sites for hydroxylation is 1. The van der Waals surface area contributed by atoms with Gasteiger partial charge in [-0.05, 0) is 31.0 Å². The molecule has 2 aromatic rings. The maximum atomic E-state index is 5.70. The molecule has 1 heterocycles. The largest absolute Gasteiger partial charge is 0.370 e. The van der Waals surface area contributed by atoms with E-state index in [1.54, 1.807) is 0 Å². The smallest absolute Gasteiger partial charge is 0.223 e. The van der Waals surface area contributed by atoms with Crippen LogP contribution in [-0.4, -0.2) is 16.5 Å². The fourth-order valence-corrected chi connectivity index (χ4v) is 1.82. The first-order valence-electron chi connectivity index (χ1n) is 6.45. The second-order valence-electron chi connectivity index (χ2n) is 4.21. The van der Waals surface area contributed by atoms with Crippen molar-refractivity contribution in [3.05, 3.63) is 35.9 Å². The molecule has 0 saturated heterocycles. The zero-order valence-corrected chi connectivity index (χ0v) is 11.3. The van der Waals surface area contributed by atoms with E-state index in [9.17, 15) is 0 Å². The molecule has 5 nitrogen and oxygen atoms in total. The van der Waals surface area contributed by atoms with Crippen LogP contribution < -0.4 is 16.4 Å². The summed E-state index contributed by atoms with van der Waals surface area (Å²) in [7, 11) is 0. The van der Waals surface area contributed by atoms with E-state index < -0.39 is 0 Å². The first-order chi connectivity index (χ1) is 9.21. The van der Waals surface area contributed by atoms with E-state index in [1.807, 2.05) is 25.1 Å². The minimum atomic E-state index is 0.257. The monoisotopic (exact) mass is 257 g/mol. The summed E-state index contributed by atoms with van der Waals surface area (Å²) in [6.07, 6.45) is 1.00. The van der Waals surface area contributed by atoms with Gasteiger partial charge in [-0.15, -0.1) is 0 Å². The van der Waals surface area contributed by atoms with E-state index in [1.165, 1.54) is 5.56 Å². The molecule has 2 rings (SSSR count). The molecule has 4 N–H and O–H groups in total. The highest BCUT2D eigenvalue weighted by Crippen LogP contribution is 2.19. The molecule has 0 unspecified atom stereocenters. The van der Waals surface area contributed by atoms with E-state index in [4.69, 9.17) is 5.73 Å². The molecule has 100 valence electrons. The number of benzene rings is 1. The van der Waals surface area contributed by atoms with Crippen molar-refractivity contribution >= 4 is 23.3 Å². The van der Waals surface area contributed by atoms with Crippen molar-refractivity contribution in [2.45, 2.75) is 20.3 Å². The summed E-state index contributed by atoms with van der Waals surface area (Å²) in [6.45, 7) is 4.93. The second kappa shape index (κ2) is 6.04. The Labute approximate surface area is 113 Å². The molecule has 0 spiro atoms. The summed E-state index contributed by atoms with van der Waals surface area (Å²) in [4.78, 5) is 8.30. The Balaban J connectivity index is 2.22. The molecule has 0 aliphatic heterocycles. The normalized spacial score (nSPS) is 10.2. The lowest BCUT2D eigenvalue weighted by molar-refractivity contribution is 1.12. The van der Waals surface area contributed by atoms with Crippen molar-refractivity contribution in [1.29, 1.82) is 0 Å². The van der Waals surface area contributed by atoms with Gasteiger partial charge >= 0.3 is 0 Å². The average Bonchev–Trinajstić information content (AvgIpc) is 2.38. The Morgan fingerprint density at radius 3 is 2.63 bits per heavy atom. The number of rotatable bonds is 5. The molecular formula is C14H19N5. The van der Waals surface area contributed by atoms with E-state index in [0.29, 0.717) is 5.82 Å². The fraction of sp³-hybridized carbons (Fsp3) is 0.286. The van der Waals surface area contributed by atoms with E-state index in [-0.39, 0.29) is 5.95 Å². The summed E-state index contributed by atoms with van der Waals surface area (Å²) in [6, 6.07) is 10.1. The maximum absolute atomic E-state index is 5.70.